The van der Waals surface area contributed by atoms with Crippen LogP contribution in [0.1, 0.15) is 11.1 Å². The van der Waals surface area contributed by atoms with E-state index in [-0.39, 0.29) is 5.97 Å². The maximum Gasteiger partial charge on any atom is 0.330 e. The minimum absolute atomic E-state index is 0.340. The highest BCUT2D eigenvalue weighted by Gasteiger charge is 1.96. The SMILES string of the molecule is COC(=O)C=Cc1ccc(Br)cc1C. The third-order valence-electron chi connectivity index (χ3n) is 1.83. The minimum Gasteiger partial charge on any atom is -0.466 e. The van der Waals surface area contributed by atoms with Crippen molar-refractivity contribution in [1.82, 2.24) is 0 Å². The van der Waals surface area contributed by atoms with Gasteiger partial charge in [-0.3, -0.25) is 0 Å². The van der Waals surface area contributed by atoms with Crippen molar-refractivity contribution >= 4 is 28.0 Å². The molecule has 0 spiro atoms. The molecule has 1 aromatic rings. The molecule has 0 aliphatic rings. The van der Waals surface area contributed by atoms with Gasteiger partial charge in [-0.2, -0.15) is 0 Å². The van der Waals surface area contributed by atoms with Crippen LogP contribution in [0.4, 0.5) is 0 Å². The van der Waals surface area contributed by atoms with Crippen LogP contribution in [0.2, 0.25) is 0 Å². The number of halogens is 1. The number of hydrogen-bond donors (Lipinski definition) is 0. The van der Waals surface area contributed by atoms with Crippen LogP contribution < -0.4 is 0 Å². The Morgan fingerprint density at radius 1 is 1.50 bits per heavy atom. The lowest BCUT2D eigenvalue weighted by atomic mass is 10.1. The zero-order valence-corrected chi connectivity index (χ0v) is 9.67. The first-order chi connectivity index (χ1) is 6.63. The summed E-state index contributed by atoms with van der Waals surface area (Å²) in [6.45, 7) is 1.99. The summed E-state index contributed by atoms with van der Waals surface area (Å²) in [4.78, 5) is 10.8. The Hall–Kier alpha value is -1.09. The van der Waals surface area contributed by atoms with Crippen LogP contribution >= 0.6 is 15.9 Å². The van der Waals surface area contributed by atoms with Crippen LogP contribution in [-0.2, 0) is 9.53 Å². The first kappa shape index (κ1) is 11.0. The van der Waals surface area contributed by atoms with Crippen LogP contribution in [0.15, 0.2) is 28.7 Å². The molecule has 0 heterocycles. The van der Waals surface area contributed by atoms with E-state index in [0.29, 0.717) is 0 Å². The smallest absolute Gasteiger partial charge is 0.330 e. The van der Waals surface area contributed by atoms with Crippen molar-refractivity contribution < 1.29 is 9.53 Å². The van der Waals surface area contributed by atoms with Crippen molar-refractivity contribution in [2.45, 2.75) is 6.92 Å². The molecule has 0 aliphatic heterocycles. The van der Waals surface area contributed by atoms with Crippen LogP contribution in [0.3, 0.4) is 0 Å². The number of rotatable bonds is 2. The molecule has 1 aromatic carbocycles. The summed E-state index contributed by atoms with van der Waals surface area (Å²) in [5, 5.41) is 0. The highest BCUT2D eigenvalue weighted by Crippen LogP contribution is 2.16. The number of carbonyl (C=O) groups excluding carboxylic acids is 1. The summed E-state index contributed by atoms with van der Waals surface area (Å²) in [5.41, 5.74) is 2.12. The summed E-state index contributed by atoms with van der Waals surface area (Å²) < 4.78 is 5.53. The van der Waals surface area contributed by atoms with E-state index in [2.05, 4.69) is 20.7 Å². The number of aryl methyl sites for hydroxylation is 1. The molecule has 0 saturated heterocycles. The molecule has 74 valence electrons. The second-order valence-corrected chi connectivity index (χ2v) is 3.77. The molecule has 0 aromatic heterocycles. The van der Waals surface area contributed by atoms with Crippen molar-refractivity contribution in [1.29, 1.82) is 0 Å². The Kier molecular flexibility index (Phi) is 3.89. The summed E-state index contributed by atoms with van der Waals surface area (Å²) in [6, 6.07) is 5.87. The van der Waals surface area contributed by atoms with E-state index in [1.807, 2.05) is 25.1 Å². The normalized spacial score (nSPS) is 10.5. The molecule has 0 bridgehead atoms. The lowest BCUT2D eigenvalue weighted by Gasteiger charge is -2.00. The van der Waals surface area contributed by atoms with Crippen molar-refractivity contribution in [3.8, 4) is 0 Å². The molecule has 0 saturated carbocycles. The van der Waals surface area contributed by atoms with E-state index in [1.54, 1.807) is 6.08 Å². The highest BCUT2D eigenvalue weighted by atomic mass is 79.9. The lowest BCUT2D eigenvalue weighted by Crippen LogP contribution is -1.93. The lowest BCUT2D eigenvalue weighted by molar-refractivity contribution is -0.134. The molecule has 0 fully saturated rings. The molecule has 1 rings (SSSR count). The Balaban J connectivity index is 2.87. The van der Waals surface area contributed by atoms with Gasteiger partial charge < -0.3 is 4.74 Å². The molecule has 14 heavy (non-hydrogen) atoms. The fourth-order valence-electron chi connectivity index (χ4n) is 1.05. The average Bonchev–Trinajstić information content (AvgIpc) is 2.16. The molecular weight excluding hydrogens is 244 g/mol. The maximum absolute atomic E-state index is 10.8. The second-order valence-electron chi connectivity index (χ2n) is 2.86. The molecule has 0 atom stereocenters. The Morgan fingerprint density at radius 3 is 2.79 bits per heavy atom. The Labute approximate surface area is 91.7 Å². The van der Waals surface area contributed by atoms with Crippen LogP contribution in [0.25, 0.3) is 6.08 Å². The van der Waals surface area contributed by atoms with Gasteiger partial charge in [0.2, 0.25) is 0 Å². The standard InChI is InChI=1S/C11H11BrO2/c1-8-7-10(12)5-3-9(8)4-6-11(13)14-2/h3-7H,1-2H3. The van der Waals surface area contributed by atoms with Gasteiger partial charge >= 0.3 is 5.97 Å². The zero-order valence-electron chi connectivity index (χ0n) is 8.08. The number of ether oxygens (including phenoxy) is 1. The van der Waals surface area contributed by atoms with Crippen molar-refractivity contribution in [2.75, 3.05) is 7.11 Å². The van der Waals surface area contributed by atoms with Gasteiger partial charge in [-0.25, -0.2) is 4.79 Å². The van der Waals surface area contributed by atoms with Gasteiger partial charge in [0.1, 0.15) is 0 Å². The van der Waals surface area contributed by atoms with Gasteiger partial charge in [-0.1, -0.05) is 22.0 Å². The predicted molar refractivity (Wildman–Crippen MR) is 59.9 cm³/mol. The average molecular weight is 255 g/mol. The van der Waals surface area contributed by atoms with Crippen molar-refractivity contribution in [3.05, 3.63) is 39.9 Å². The van der Waals surface area contributed by atoms with E-state index < -0.39 is 0 Å². The second kappa shape index (κ2) is 4.96. The van der Waals surface area contributed by atoms with Crippen LogP contribution in [-0.4, -0.2) is 13.1 Å². The number of methoxy groups -OCH3 is 1. The van der Waals surface area contributed by atoms with Gasteiger partial charge in [-0.05, 0) is 36.3 Å². The van der Waals surface area contributed by atoms with E-state index in [9.17, 15) is 4.79 Å². The first-order valence-corrected chi connectivity index (χ1v) is 4.95. The van der Waals surface area contributed by atoms with Gasteiger partial charge in [0.25, 0.3) is 0 Å². The topological polar surface area (TPSA) is 26.3 Å². The van der Waals surface area contributed by atoms with Crippen molar-refractivity contribution in [2.24, 2.45) is 0 Å². The van der Waals surface area contributed by atoms with Gasteiger partial charge in [0.05, 0.1) is 7.11 Å². The van der Waals surface area contributed by atoms with E-state index >= 15 is 0 Å². The summed E-state index contributed by atoms with van der Waals surface area (Å²) in [6.07, 6.45) is 3.16. The molecule has 0 radical (unpaired) electrons. The molecule has 0 unspecified atom stereocenters. The number of carbonyl (C=O) groups is 1. The van der Waals surface area contributed by atoms with E-state index in [4.69, 9.17) is 0 Å². The third kappa shape index (κ3) is 3.00. The number of hydrogen-bond acceptors (Lipinski definition) is 2. The van der Waals surface area contributed by atoms with Gasteiger partial charge in [0.15, 0.2) is 0 Å². The molecule has 0 amide bonds. The van der Waals surface area contributed by atoms with Crippen LogP contribution in [0, 0.1) is 6.92 Å². The van der Waals surface area contributed by atoms with Crippen molar-refractivity contribution in [3.63, 3.8) is 0 Å². The third-order valence-corrected chi connectivity index (χ3v) is 2.33. The van der Waals surface area contributed by atoms with Gasteiger partial charge in [-0.15, -0.1) is 0 Å². The van der Waals surface area contributed by atoms with E-state index in [1.165, 1.54) is 13.2 Å². The number of benzene rings is 1. The molecule has 2 nitrogen and oxygen atoms in total. The highest BCUT2D eigenvalue weighted by molar-refractivity contribution is 9.10. The molecular formula is C11H11BrO2. The fraction of sp³-hybridized carbons (Fsp3) is 0.182. The quantitative estimate of drug-likeness (QED) is 0.600. The first-order valence-electron chi connectivity index (χ1n) is 4.15. The number of esters is 1. The fourth-order valence-corrected chi connectivity index (χ4v) is 1.53. The largest absolute Gasteiger partial charge is 0.466 e. The predicted octanol–water partition coefficient (Wildman–Crippen LogP) is 2.94. The summed E-state index contributed by atoms with van der Waals surface area (Å²) in [5.74, 6) is -0.340. The molecule has 0 aliphatic carbocycles. The Bertz CT molecular complexity index is 370. The minimum atomic E-state index is -0.340. The van der Waals surface area contributed by atoms with Gasteiger partial charge in [0, 0.05) is 10.5 Å². The zero-order chi connectivity index (χ0) is 10.6. The monoisotopic (exact) mass is 254 g/mol. The summed E-state index contributed by atoms with van der Waals surface area (Å²) >= 11 is 3.37. The Morgan fingerprint density at radius 2 is 2.21 bits per heavy atom. The van der Waals surface area contributed by atoms with Crippen LogP contribution in [0.5, 0.6) is 0 Å². The summed E-state index contributed by atoms with van der Waals surface area (Å²) in [7, 11) is 1.36. The molecule has 0 N–H and O–H groups in total. The van der Waals surface area contributed by atoms with E-state index in [0.717, 1.165) is 15.6 Å². The maximum atomic E-state index is 10.8. The molecule has 3 heteroatoms.